The number of β-amino-alcohol motifs (C(OH)–C–C–N with tert-alkyl or cyclic N) is 1. The van der Waals surface area contributed by atoms with Gasteiger partial charge in [-0.2, -0.15) is 0 Å². The van der Waals surface area contributed by atoms with Crippen LogP contribution in [0.1, 0.15) is 0 Å². The van der Waals surface area contributed by atoms with Gasteiger partial charge in [0.1, 0.15) is 5.70 Å². The van der Waals surface area contributed by atoms with Crippen LogP contribution in [-0.4, -0.2) is 48.7 Å². The van der Waals surface area contributed by atoms with Crippen molar-refractivity contribution in [2.45, 2.75) is 0 Å². The van der Waals surface area contributed by atoms with Gasteiger partial charge in [0.25, 0.3) is 5.91 Å². The second-order valence-corrected chi connectivity index (χ2v) is 5.53. The zero-order valence-corrected chi connectivity index (χ0v) is 13.6. The molecule has 0 bridgehead atoms. The van der Waals surface area contributed by atoms with Crippen molar-refractivity contribution in [3.63, 3.8) is 0 Å². The van der Waals surface area contributed by atoms with Crippen molar-refractivity contribution >= 4 is 33.5 Å². The van der Waals surface area contributed by atoms with Gasteiger partial charge in [-0.1, -0.05) is 0 Å². The summed E-state index contributed by atoms with van der Waals surface area (Å²) in [5.74, 6) is -3.43. The number of nitrogens with one attached hydrogen (secondary N) is 1. The van der Waals surface area contributed by atoms with E-state index in [1.54, 1.807) is 0 Å². The van der Waals surface area contributed by atoms with E-state index in [1.807, 2.05) is 0 Å². The minimum Gasteiger partial charge on any atom is -0.466 e. The standard InChI is InChI=1S/C14H13BrF2N2O4/c1-23-14(22)8-6-19(2-3-20)13(21)12(8)18-7-4-9(15)11(17)10(16)5-7/h4-5,18,20H,2-3,6H2,1H3. The molecule has 0 aromatic heterocycles. The molecule has 0 atom stereocenters. The van der Waals surface area contributed by atoms with Crippen molar-refractivity contribution in [1.29, 1.82) is 0 Å². The molecule has 0 unspecified atom stereocenters. The monoisotopic (exact) mass is 390 g/mol. The fourth-order valence-corrected chi connectivity index (χ4v) is 2.56. The molecule has 1 aromatic carbocycles. The molecule has 1 heterocycles. The van der Waals surface area contributed by atoms with Crippen LogP contribution in [0.4, 0.5) is 14.5 Å². The molecule has 1 aliphatic heterocycles. The smallest absolute Gasteiger partial charge is 0.337 e. The van der Waals surface area contributed by atoms with E-state index in [9.17, 15) is 18.4 Å². The average Bonchev–Trinajstić information content (AvgIpc) is 2.81. The number of anilines is 1. The minimum atomic E-state index is -1.11. The third-order valence-corrected chi connectivity index (χ3v) is 3.78. The first-order valence-electron chi connectivity index (χ1n) is 6.52. The predicted molar refractivity (Wildman–Crippen MR) is 80.4 cm³/mol. The number of hydrogen-bond acceptors (Lipinski definition) is 5. The summed E-state index contributed by atoms with van der Waals surface area (Å²) in [7, 11) is 1.17. The van der Waals surface area contributed by atoms with Crippen LogP contribution in [0.25, 0.3) is 0 Å². The van der Waals surface area contributed by atoms with Gasteiger partial charge in [0.05, 0.1) is 30.3 Å². The highest BCUT2D eigenvalue weighted by Gasteiger charge is 2.34. The molecule has 124 valence electrons. The van der Waals surface area contributed by atoms with E-state index in [-0.39, 0.29) is 41.1 Å². The summed E-state index contributed by atoms with van der Waals surface area (Å²) in [6.07, 6.45) is 0. The van der Waals surface area contributed by atoms with E-state index in [2.05, 4.69) is 26.0 Å². The summed E-state index contributed by atoms with van der Waals surface area (Å²) >= 11 is 2.86. The number of nitrogens with zero attached hydrogens (tertiary/aromatic N) is 1. The number of hydrogen-bond donors (Lipinski definition) is 2. The normalized spacial score (nSPS) is 14.5. The van der Waals surface area contributed by atoms with Crippen molar-refractivity contribution in [2.24, 2.45) is 0 Å². The van der Waals surface area contributed by atoms with Crippen LogP contribution >= 0.6 is 15.9 Å². The van der Waals surface area contributed by atoms with Crippen LogP contribution in [-0.2, 0) is 14.3 Å². The maximum atomic E-state index is 13.4. The van der Waals surface area contributed by atoms with E-state index in [0.717, 1.165) is 6.07 Å². The van der Waals surface area contributed by atoms with Gasteiger partial charge in [0.15, 0.2) is 11.6 Å². The van der Waals surface area contributed by atoms with Gasteiger partial charge in [-0.3, -0.25) is 4.79 Å². The molecule has 1 amide bonds. The highest BCUT2D eigenvalue weighted by Crippen LogP contribution is 2.27. The fraction of sp³-hybridized carbons (Fsp3) is 0.286. The summed E-state index contributed by atoms with van der Waals surface area (Å²) in [6, 6.07) is 2.10. The van der Waals surface area contributed by atoms with Crippen LogP contribution in [0.2, 0.25) is 0 Å². The molecule has 0 fully saturated rings. The lowest BCUT2D eigenvalue weighted by Gasteiger charge is -2.15. The summed E-state index contributed by atoms with van der Waals surface area (Å²) in [5.41, 5.74) is 0.0430. The van der Waals surface area contributed by atoms with Gasteiger partial charge in [0.2, 0.25) is 0 Å². The van der Waals surface area contributed by atoms with Gasteiger partial charge < -0.3 is 20.1 Å². The van der Waals surface area contributed by atoms with E-state index >= 15 is 0 Å². The molecule has 0 saturated carbocycles. The third-order valence-electron chi connectivity index (χ3n) is 3.21. The molecule has 0 aliphatic carbocycles. The average molecular weight is 391 g/mol. The zero-order valence-electron chi connectivity index (χ0n) is 12.0. The van der Waals surface area contributed by atoms with E-state index < -0.39 is 23.5 Å². The van der Waals surface area contributed by atoms with Crippen LogP contribution in [0.3, 0.4) is 0 Å². The number of aliphatic hydroxyl groups excluding tert-OH is 1. The predicted octanol–water partition coefficient (Wildman–Crippen LogP) is 1.40. The lowest BCUT2D eigenvalue weighted by molar-refractivity contribution is -0.136. The molecule has 6 nitrogen and oxygen atoms in total. The first-order chi connectivity index (χ1) is 10.9. The summed E-state index contributed by atoms with van der Waals surface area (Å²) in [6.45, 7) is -0.282. The topological polar surface area (TPSA) is 78.9 Å². The Morgan fingerprint density at radius 3 is 2.74 bits per heavy atom. The minimum absolute atomic E-state index is 0.0337. The number of carbonyl (C=O) groups is 2. The van der Waals surface area contributed by atoms with Crippen LogP contribution in [0.15, 0.2) is 27.9 Å². The Balaban J connectivity index is 2.37. The van der Waals surface area contributed by atoms with Crippen molar-refractivity contribution in [3.8, 4) is 0 Å². The molecule has 23 heavy (non-hydrogen) atoms. The van der Waals surface area contributed by atoms with Gasteiger partial charge >= 0.3 is 5.97 Å². The second kappa shape index (κ2) is 7.05. The van der Waals surface area contributed by atoms with Crippen molar-refractivity contribution < 1.29 is 28.2 Å². The van der Waals surface area contributed by atoms with Crippen molar-refractivity contribution in [1.82, 2.24) is 4.90 Å². The molecule has 1 aromatic rings. The van der Waals surface area contributed by atoms with Gasteiger partial charge in [0, 0.05) is 18.3 Å². The van der Waals surface area contributed by atoms with Crippen molar-refractivity contribution in [3.05, 3.63) is 39.5 Å². The van der Waals surface area contributed by atoms with Crippen LogP contribution in [0.5, 0.6) is 0 Å². The first kappa shape index (κ1) is 17.4. The quantitative estimate of drug-likeness (QED) is 0.586. The van der Waals surface area contributed by atoms with E-state index in [0.29, 0.717) is 0 Å². The Kier molecular flexibility index (Phi) is 5.32. The van der Waals surface area contributed by atoms with Gasteiger partial charge in [-0.25, -0.2) is 13.6 Å². The maximum absolute atomic E-state index is 13.4. The maximum Gasteiger partial charge on any atom is 0.337 e. The zero-order chi connectivity index (χ0) is 17.1. The number of carbonyl (C=O) groups excluding carboxylic acids is 2. The number of ether oxygens (including phenoxy) is 1. The van der Waals surface area contributed by atoms with Crippen LogP contribution < -0.4 is 5.32 Å². The number of esters is 1. The molecular formula is C14H13BrF2N2O4. The number of rotatable bonds is 5. The molecular weight excluding hydrogens is 378 g/mol. The Morgan fingerprint density at radius 2 is 2.17 bits per heavy atom. The van der Waals surface area contributed by atoms with Crippen LogP contribution in [0, 0.1) is 11.6 Å². The molecule has 9 heteroatoms. The summed E-state index contributed by atoms with van der Waals surface area (Å²) in [5, 5.41) is 11.6. The lowest BCUT2D eigenvalue weighted by atomic mass is 10.2. The number of aliphatic hydroxyl groups is 1. The second-order valence-electron chi connectivity index (χ2n) is 4.67. The van der Waals surface area contributed by atoms with Gasteiger partial charge in [-0.05, 0) is 22.0 Å². The summed E-state index contributed by atoms with van der Waals surface area (Å²) in [4.78, 5) is 25.3. The molecule has 2 N–H and O–H groups in total. The first-order valence-corrected chi connectivity index (χ1v) is 7.31. The Hall–Kier alpha value is -2.00. The summed E-state index contributed by atoms with van der Waals surface area (Å²) < 4.78 is 31.2. The molecule has 0 radical (unpaired) electrons. The highest BCUT2D eigenvalue weighted by molar-refractivity contribution is 9.10. The molecule has 1 aliphatic rings. The SMILES string of the molecule is COC(=O)C1=C(Nc2cc(F)c(F)c(Br)c2)C(=O)N(CCO)C1. The molecule has 2 rings (SSSR count). The van der Waals surface area contributed by atoms with Crippen molar-refractivity contribution in [2.75, 3.05) is 32.1 Å². The van der Waals surface area contributed by atoms with E-state index in [4.69, 9.17) is 5.11 Å². The molecule has 0 saturated heterocycles. The number of benzene rings is 1. The fourth-order valence-electron chi connectivity index (χ4n) is 2.12. The Labute approximate surface area is 138 Å². The highest BCUT2D eigenvalue weighted by atomic mass is 79.9. The van der Waals surface area contributed by atoms with Gasteiger partial charge in [-0.15, -0.1) is 0 Å². The number of halogens is 3. The molecule has 0 spiro atoms. The van der Waals surface area contributed by atoms with E-state index in [1.165, 1.54) is 18.1 Å². The Morgan fingerprint density at radius 1 is 1.48 bits per heavy atom. The Bertz CT molecular complexity index is 670. The third kappa shape index (κ3) is 3.50. The largest absolute Gasteiger partial charge is 0.466 e. The lowest BCUT2D eigenvalue weighted by Crippen LogP contribution is -2.31. The number of methoxy groups -OCH3 is 1. The number of amides is 1.